The topological polar surface area (TPSA) is 48.9 Å². The summed E-state index contributed by atoms with van der Waals surface area (Å²) < 4.78 is 18.4. The Morgan fingerprint density at radius 2 is 1.72 bits per heavy atom. The summed E-state index contributed by atoms with van der Waals surface area (Å²) in [5, 5.41) is 6.72. The van der Waals surface area contributed by atoms with Crippen LogP contribution in [0.2, 0.25) is 0 Å². The molecule has 0 atom stereocenters. The van der Waals surface area contributed by atoms with Gasteiger partial charge in [0.1, 0.15) is 5.82 Å². The second-order valence-electron chi connectivity index (χ2n) is 6.89. The first-order valence-electron chi connectivity index (χ1n) is 9.80. The zero-order valence-electron chi connectivity index (χ0n) is 16.9. The largest absolute Gasteiger partial charge is 0.379 e. The molecule has 0 spiro atoms. The van der Waals surface area contributed by atoms with E-state index in [4.69, 9.17) is 4.74 Å². The Balaban J connectivity index is 0.00000300. The smallest absolute Gasteiger partial charge is 0.191 e. The average molecular weight is 512 g/mol. The lowest BCUT2D eigenvalue weighted by Crippen LogP contribution is -2.38. The molecule has 1 aliphatic rings. The van der Waals surface area contributed by atoms with Gasteiger partial charge in [-0.3, -0.25) is 9.89 Å². The molecule has 0 unspecified atom stereocenters. The van der Waals surface area contributed by atoms with Crippen molar-refractivity contribution in [2.75, 3.05) is 39.9 Å². The SMILES string of the molecule is CN=C(NCCc1ccc(F)cc1)NCc1ccccc1CN1CCOCC1.I. The molecule has 1 aliphatic heterocycles. The molecule has 5 nitrogen and oxygen atoms in total. The van der Waals surface area contributed by atoms with Gasteiger partial charge in [0, 0.05) is 39.8 Å². The van der Waals surface area contributed by atoms with Crippen molar-refractivity contribution in [3.8, 4) is 0 Å². The minimum atomic E-state index is -0.204. The van der Waals surface area contributed by atoms with E-state index in [0.29, 0.717) is 0 Å². The van der Waals surface area contributed by atoms with Crippen molar-refractivity contribution in [3.05, 3.63) is 71.0 Å². The third-order valence-electron chi connectivity index (χ3n) is 4.91. The van der Waals surface area contributed by atoms with E-state index in [9.17, 15) is 4.39 Å². The first-order valence-corrected chi connectivity index (χ1v) is 9.80. The summed E-state index contributed by atoms with van der Waals surface area (Å²) in [7, 11) is 1.77. The van der Waals surface area contributed by atoms with Crippen molar-refractivity contribution in [3.63, 3.8) is 0 Å². The van der Waals surface area contributed by atoms with Gasteiger partial charge in [-0.05, 0) is 35.2 Å². The summed E-state index contributed by atoms with van der Waals surface area (Å²) >= 11 is 0. The van der Waals surface area contributed by atoms with Crippen molar-refractivity contribution in [1.29, 1.82) is 0 Å². The van der Waals surface area contributed by atoms with Crippen LogP contribution in [0.5, 0.6) is 0 Å². The van der Waals surface area contributed by atoms with Gasteiger partial charge in [-0.1, -0.05) is 36.4 Å². The summed E-state index contributed by atoms with van der Waals surface area (Å²) in [4.78, 5) is 6.73. The average Bonchev–Trinajstić information content (AvgIpc) is 2.73. The second-order valence-corrected chi connectivity index (χ2v) is 6.89. The quantitative estimate of drug-likeness (QED) is 0.340. The highest BCUT2D eigenvalue weighted by atomic mass is 127. The Bertz CT molecular complexity index is 764. The maximum atomic E-state index is 13.0. The van der Waals surface area contributed by atoms with Crippen LogP contribution in [0.1, 0.15) is 16.7 Å². The van der Waals surface area contributed by atoms with Crippen molar-refractivity contribution < 1.29 is 9.13 Å². The van der Waals surface area contributed by atoms with E-state index < -0.39 is 0 Å². The molecule has 0 amide bonds. The van der Waals surface area contributed by atoms with E-state index in [-0.39, 0.29) is 29.8 Å². The molecule has 29 heavy (non-hydrogen) atoms. The molecule has 1 fully saturated rings. The van der Waals surface area contributed by atoms with Gasteiger partial charge in [0.05, 0.1) is 13.2 Å². The second kappa shape index (κ2) is 12.8. The summed E-state index contributed by atoms with van der Waals surface area (Å²) in [5.74, 6) is 0.563. The van der Waals surface area contributed by atoms with Crippen LogP contribution in [0.4, 0.5) is 4.39 Å². The van der Waals surface area contributed by atoms with E-state index in [2.05, 4.69) is 44.8 Å². The molecule has 7 heteroatoms. The third-order valence-corrected chi connectivity index (χ3v) is 4.91. The third kappa shape index (κ3) is 7.91. The van der Waals surface area contributed by atoms with Crippen LogP contribution in [-0.4, -0.2) is 50.8 Å². The van der Waals surface area contributed by atoms with Gasteiger partial charge < -0.3 is 15.4 Å². The summed E-state index contributed by atoms with van der Waals surface area (Å²) in [6.45, 7) is 5.98. The molecule has 2 aromatic carbocycles. The maximum absolute atomic E-state index is 13.0. The number of hydrogen-bond acceptors (Lipinski definition) is 3. The van der Waals surface area contributed by atoms with Crippen molar-refractivity contribution in [2.45, 2.75) is 19.5 Å². The first-order chi connectivity index (χ1) is 13.7. The fourth-order valence-electron chi connectivity index (χ4n) is 3.26. The highest BCUT2D eigenvalue weighted by Crippen LogP contribution is 2.13. The van der Waals surface area contributed by atoms with Gasteiger partial charge in [-0.25, -0.2) is 4.39 Å². The number of halogens is 2. The number of ether oxygens (including phenoxy) is 1. The van der Waals surface area contributed by atoms with Crippen molar-refractivity contribution in [2.24, 2.45) is 4.99 Å². The van der Waals surface area contributed by atoms with Gasteiger partial charge in [0.2, 0.25) is 0 Å². The Hall–Kier alpha value is -1.71. The number of guanidine groups is 1. The molecule has 2 aromatic rings. The van der Waals surface area contributed by atoms with Crippen molar-refractivity contribution in [1.82, 2.24) is 15.5 Å². The molecule has 0 radical (unpaired) electrons. The van der Waals surface area contributed by atoms with E-state index in [0.717, 1.165) is 63.9 Å². The number of nitrogens with one attached hydrogen (secondary N) is 2. The fraction of sp³-hybridized carbons (Fsp3) is 0.409. The number of morpholine rings is 1. The molecular formula is C22H30FIN4O. The minimum absolute atomic E-state index is 0. The molecule has 1 saturated heterocycles. The highest BCUT2D eigenvalue weighted by molar-refractivity contribution is 14.0. The number of aliphatic imine (C=N–C) groups is 1. The summed E-state index contributed by atoms with van der Waals surface area (Å²) in [5.41, 5.74) is 3.70. The van der Waals surface area contributed by atoms with Gasteiger partial charge in [0.15, 0.2) is 5.96 Å². The van der Waals surface area contributed by atoms with Gasteiger partial charge in [-0.2, -0.15) is 0 Å². The monoisotopic (exact) mass is 512 g/mol. The van der Waals surface area contributed by atoms with Crippen LogP contribution in [0.3, 0.4) is 0 Å². The molecule has 3 rings (SSSR count). The Kier molecular flexibility index (Phi) is 10.4. The van der Waals surface area contributed by atoms with Crippen molar-refractivity contribution >= 4 is 29.9 Å². The number of hydrogen-bond donors (Lipinski definition) is 2. The number of nitrogens with zero attached hydrogens (tertiary/aromatic N) is 2. The Labute approximate surface area is 189 Å². The van der Waals surface area contributed by atoms with E-state index >= 15 is 0 Å². The highest BCUT2D eigenvalue weighted by Gasteiger charge is 2.12. The Morgan fingerprint density at radius 1 is 1.03 bits per heavy atom. The van der Waals surface area contributed by atoms with Crippen LogP contribution >= 0.6 is 24.0 Å². The molecule has 0 bridgehead atoms. The minimum Gasteiger partial charge on any atom is -0.379 e. The maximum Gasteiger partial charge on any atom is 0.191 e. The first kappa shape index (κ1) is 23.6. The molecule has 0 saturated carbocycles. The number of benzene rings is 2. The summed E-state index contributed by atoms with van der Waals surface area (Å²) in [6.07, 6.45) is 0.814. The lowest BCUT2D eigenvalue weighted by molar-refractivity contribution is 0.0341. The molecular weight excluding hydrogens is 482 g/mol. The molecule has 2 N–H and O–H groups in total. The zero-order chi connectivity index (χ0) is 19.6. The Morgan fingerprint density at radius 3 is 2.41 bits per heavy atom. The predicted molar refractivity (Wildman–Crippen MR) is 126 cm³/mol. The normalized spacial score (nSPS) is 14.9. The van der Waals surface area contributed by atoms with Gasteiger partial charge >= 0.3 is 0 Å². The van der Waals surface area contributed by atoms with E-state index in [1.165, 1.54) is 23.3 Å². The van der Waals surface area contributed by atoms with Crippen LogP contribution in [0.25, 0.3) is 0 Å². The van der Waals surface area contributed by atoms with E-state index in [1.807, 2.05) is 12.1 Å². The zero-order valence-corrected chi connectivity index (χ0v) is 19.2. The standard InChI is InChI=1S/C22H29FN4O.HI/c1-24-22(25-11-10-18-6-8-21(23)9-7-18)26-16-19-4-2-3-5-20(19)17-27-12-14-28-15-13-27;/h2-9H,10-17H2,1H3,(H2,24,25,26);1H. The molecule has 0 aliphatic carbocycles. The lowest BCUT2D eigenvalue weighted by Gasteiger charge is -2.27. The molecule has 158 valence electrons. The predicted octanol–water partition coefficient (Wildman–Crippen LogP) is 3.18. The van der Waals surface area contributed by atoms with E-state index in [1.54, 1.807) is 7.05 Å². The lowest BCUT2D eigenvalue weighted by atomic mass is 10.1. The van der Waals surface area contributed by atoms with Gasteiger partial charge in [-0.15, -0.1) is 24.0 Å². The molecule has 1 heterocycles. The van der Waals surface area contributed by atoms with Crippen LogP contribution in [0, 0.1) is 5.82 Å². The fourth-order valence-corrected chi connectivity index (χ4v) is 3.26. The van der Waals surface area contributed by atoms with Crippen LogP contribution < -0.4 is 10.6 Å². The van der Waals surface area contributed by atoms with Gasteiger partial charge in [0.25, 0.3) is 0 Å². The number of rotatable bonds is 7. The van der Waals surface area contributed by atoms with Crippen LogP contribution in [0.15, 0.2) is 53.5 Å². The van der Waals surface area contributed by atoms with Crippen LogP contribution in [-0.2, 0) is 24.2 Å². The summed E-state index contributed by atoms with van der Waals surface area (Å²) in [6, 6.07) is 15.1. The molecule has 0 aromatic heterocycles.